The second kappa shape index (κ2) is 7.19. The Morgan fingerprint density at radius 1 is 1.17 bits per heavy atom. The van der Waals surface area contributed by atoms with Crippen LogP contribution in [0.3, 0.4) is 0 Å². The molecule has 1 N–H and O–H groups in total. The molecule has 0 aromatic heterocycles. The van der Waals surface area contributed by atoms with Gasteiger partial charge in [-0.15, -0.1) is 11.8 Å². The highest BCUT2D eigenvalue weighted by atomic mass is 14.8. The third-order valence-corrected chi connectivity index (χ3v) is 4.56. The van der Waals surface area contributed by atoms with Crippen LogP contribution < -0.4 is 5.32 Å². The Labute approximate surface area is 114 Å². The van der Waals surface area contributed by atoms with Gasteiger partial charge in [-0.3, -0.25) is 0 Å². The van der Waals surface area contributed by atoms with Crippen LogP contribution in [0.25, 0.3) is 0 Å². The molecule has 0 aromatic carbocycles. The summed E-state index contributed by atoms with van der Waals surface area (Å²) in [5.74, 6) is 8.91. The van der Waals surface area contributed by atoms with Crippen molar-refractivity contribution in [2.45, 2.75) is 60.3 Å². The lowest BCUT2D eigenvalue weighted by Gasteiger charge is -2.41. The summed E-state index contributed by atoms with van der Waals surface area (Å²) in [4.78, 5) is 0. The van der Waals surface area contributed by atoms with E-state index in [4.69, 9.17) is 0 Å². The van der Waals surface area contributed by atoms with Gasteiger partial charge in [0.2, 0.25) is 0 Å². The van der Waals surface area contributed by atoms with Crippen LogP contribution in [-0.4, -0.2) is 13.1 Å². The van der Waals surface area contributed by atoms with Gasteiger partial charge in [-0.05, 0) is 62.4 Å². The number of nitrogens with one attached hydrogen (secondary N) is 1. The molecule has 1 fully saturated rings. The molecule has 0 aromatic rings. The summed E-state index contributed by atoms with van der Waals surface area (Å²) in [7, 11) is 0. The maximum atomic E-state index is 3.53. The Kier molecular flexibility index (Phi) is 6.22. The highest BCUT2D eigenvalue weighted by molar-refractivity contribution is 4.99. The predicted octanol–water partition coefficient (Wildman–Crippen LogP) is 4.09. The Morgan fingerprint density at radius 3 is 2.44 bits per heavy atom. The van der Waals surface area contributed by atoms with Crippen molar-refractivity contribution in [1.29, 1.82) is 0 Å². The first kappa shape index (κ1) is 15.6. The maximum absolute atomic E-state index is 3.53. The molecule has 3 atom stereocenters. The molecule has 18 heavy (non-hydrogen) atoms. The fourth-order valence-electron chi connectivity index (χ4n) is 3.19. The lowest BCUT2D eigenvalue weighted by Crippen LogP contribution is -2.36. The van der Waals surface area contributed by atoms with Gasteiger partial charge >= 0.3 is 0 Å². The Balaban J connectivity index is 2.62. The average molecular weight is 249 g/mol. The van der Waals surface area contributed by atoms with Crippen LogP contribution in [0.1, 0.15) is 60.3 Å². The van der Waals surface area contributed by atoms with Crippen LogP contribution in [-0.2, 0) is 0 Å². The van der Waals surface area contributed by atoms with E-state index in [0.29, 0.717) is 5.41 Å². The first-order valence-corrected chi connectivity index (χ1v) is 7.59. The molecule has 0 saturated heterocycles. The second-order valence-electron chi connectivity index (χ2n) is 6.83. The Morgan fingerprint density at radius 2 is 1.89 bits per heavy atom. The molecule has 0 spiro atoms. The first-order valence-electron chi connectivity index (χ1n) is 7.59. The molecule has 1 aliphatic carbocycles. The summed E-state index contributed by atoms with van der Waals surface area (Å²) in [6.45, 7) is 13.6. The van der Waals surface area contributed by atoms with Gasteiger partial charge in [0.1, 0.15) is 0 Å². The molecule has 0 radical (unpaired) electrons. The van der Waals surface area contributed by atoms with Crippen molar-refractivity contribution < 1.29 is 0 Å². The lowest BCUT2D eigenvalue weighted by atomic mass is 9.65. The minimum atomic E-state index is 0.459. The van der Waals surface area contributed by atoms with Crippen molar-refractivity contribution >= 4 is 0 Å². The standard InChI is InChI=1S/C17H31N/c1-6-8-9-14-12-16(17(3,4)5)11-10-15(14)13-18-7-2/h14-16,18H,7,9-13H2,1-5H3. The van der Waals surface area contributed by atoms with E-state index in [0.717, 1.165) is 30.7 Å². The summed E-state index contributed by atoms with van der Waals surface area (Å²) >= 11 is 0. The zero-order valence-corrected chi connectivity index (χ0v) is 13.0. The molecular formula is C17H31N. The van der Waals surface area contributed by atoms with Crippen LogP contribution in [0.5, 0.6) is 0 Å². The van der Waals surface area contributed by atoms with Gasteiger partial charge in [-0.2, -0.15) is 0 Å². The van der Waals surface area contributed by atoms with Gasteiger partial charge in [0.25, 0.3) is 0 Å². The van der Waals surface area contributed by atoms with Gasteiger partial charge in [0.15, 0.2) is 0 Å². The fraction of sp³-hybridized carbons (Fsp3) is 0.882. The molecule has 0 bridgehead atoms. The monoisotopic (exact) mass is 249 g/mol. The zero-order valence-electron chi connectivity index (χ0n) is 13.0. The molecule has 1 rings (SSSR count). The normalized spacial score (nSPS) is 28.6. The second-order valence-corrected chi connectivity index (χ2v) is 6.83. The number of hydrogen-bond acceptors (Lipinski definition) is 1. The minimum absolute atomic E-state index is 0.459. The molecule has 0 heterocycles. The minimum Gasteiger partial charge on any atom is -0.317 e. The maximum Gasteiger partial charge on any atom is 0.0120 e. The molecular weight excluding hydrogens is 218 g/mol. The molecule has 1 aliphatic rings. The number of rotatable bonds is 4. The molecule has 1 saturated carbocycles. The highest BCUT2D eigenvalue weighted by Crippen LogP contribution is 2.43. The summed E-state index contributed by atoms with van der Waals surface area (Å²) in [6, 6.07) is 0. The Bertz CT molecular complexity index is 289. The van der Waals surface area contributed by atoms with E-state index >= 15 is 0 Å². The molecule has 1 heteroatoms. The summed E-state index contributed by atoms with van der Waals surface area (Å²) in [5.41, 5.74) is 0.459. The van der Waals surface area contributed by atoms with E-state index in [9.17, 15) is 0 Å². The van der Waals surface area contributed by atoms with Crippen molar-refractivity contribution in [2.24, 2.45) is 23.2 Å². The van der Waals surface area contributed by atoms with Gasteiger partial charge in [-0.25, -0.2) is 0 Å². The fourth-order valence-corrected chi connectivity index (χ4v) is 3.19. The average Bonchev–Trinajstić information content (AvgIpc) is 2.33. The summed E-state index contributed by atoms with van der Waals surface area (Å²) in [5, 5.41) is 3.53. The van der Waals surface area contributed by atoms with E-state index in [-0.39, 0.29) is 0 Å². The van der Waals surface area contributed by atoms with E-state index in [1.54, 1.807) is 0 Å². The third kappa shape index (κ3) is 4.65. The summed E-state index contributed by atoms with van der Waals surface area (Å²) in [6.07, 6.45) is 5.24. The van der Waals surface area contributed by atoms with E-state index in [1.807, 2.05) is 6.92 Å². The molecule has 104 valence electrons. The lowest BCUT2D eigenvalue weighted by molar-refractivity contribution is 0.0997. The number of hydrogen-bond donors (Lipinski definition) is 1. The molecule has 0 aliphatic heterocycles. The molecule has 3 unspecified atom stereocenters. The van der Waals surface area contributed by atoms with Gasteiger partial charge in [-0.1, -0.05) is 27.7 Å². The van der Waals surface area contributed by atoms with Crippen LogP contribution >= 0.6 is 0 Å². The van der Waals surface area contributed by atoms with Crippen molar-refractivity contribution in [1.82, 2.24) is 5.32 Å². The van der Waals surface area contributed by atoms with Crippen LogP contribution in [0, 0.1) is 35.0 Å². The Hall–Kier alpha value is -0.480. The van der Waals surface area contributed by atoms with Crippen LogP contribution in [0.4, 0.5) is 0 Å². The van der Waals surface area contributed by atoms with Crippen molar-refractivity contribution in [3.05, 3.63) is 0 Å². The summed E-state index contributed by atoms with van der Waals surface area (Å²) < 4.78 is 0. The third-order valence-electron chi connectivity index (χ3n) is 4.56. The van der Waals surface area contributed by atoms with Gasteiger partial charge in [0.05, 0.1) is 0 Å². The highest BCUT2D eigenvalue weighted by Gasteiger charge is 2.35. The smallest absolute Gasteiger partial charge is 0.0120 e. The van der Waals surface area contributed by atoms with Crippen molar-refractivity contribution in [2.75, 3.05) is 13.1 Å². The van der Waals surface area contributed by atoms with Gasteiger partial charge in [0, 0.05) is 6.42 Å². The first-order chi connectivity index (χ1) is 8.49. The van der Waals surface area contributed by atoms with E-state index in [2.05, 4.69) is 44.9 Å². The quantitative estimate of drug-likeness (QED) is 0.740. The van der Waals surface area contributed by atoms with E-state index < -0.39 is 0 Å². The molecule has 0 amide bonds. The molecule has 1 nitrogen and oxygen atoms in total. The largest absolute Gasteiger partial charge is 0.317 e. The van der Waals surface area contributed by atoms with E-state index in [1.165, 1.54) is 25.8 Å². The van der Waals surface area contributed by atoms with Gasteiger partial charge < -0.3 is 5.32 Å². The van der Waals surface area contributed by atoms with Crippen molar-refractivity contribution in [3.63, 3.8) is 0 Å². The van der Waals surface area contributed by atoms with Crippen LogP contribution in [0.2, 0.25) is 0 Å². The topological polar surface area (TPSA) is 12.0 Å². The SMILES string of the molecule is CC#CCC1CC(C(C)(C)C)CCC1CNCC. The zero-order chi connectivity index (χ0) is 13.6. The predicted molar refractivity (Wildman–Crippen MR) is 80.4 cm³/mol. The van der Waals surface area contributed by atoms with Crippen LogP contribution in [0.15, 0.2) is 0 Å². The van der Waals surface area contributed by atoms with Crippen molar-refractivity contribution in [3.8, 4) is 11.8 Å².